The average Bonchev–Trinajstić information content (AvgIpc) is 3.68. The van der Waals surface area contributed by atoms with Crippen LogP contribution in [0.1, 0.15) is 37.1 Å². The van der Waals surface area contributed by atoms with Crippen molar-refractivity contribution in [2.24, 2.45) is 5.92 Å². The third kappa shape index (κ3) is 5.65. The molecule has 1 aromatic carbocycles. The van der Waals surface area contributed by atoms with E-state index < -0.39 is 12.9 Å². The number of anilines is 3. The summed E-state index contributed by atoms with van der Waals surface area (Å²) in [4.78, 5) is 56.0. The van der Waals surface area contributed by atoms with Crippen LogP contribution in [0.5, 0.6) is 5.75 Å². The van der Waals surface area contributed by atoms with Crippen molar-refractivity contribution in [1.82, 2.24) is 30.7 Å². The minimum absolute atomic E-state index is 0.0322. The number of hydrogen-bond acceptors (Lipinski definition) is 10. The summed E-state index contributed by atoms with van der Waals surface area (Å²) in [6.45, 7) is -2.04. The van der Waals surface area contributed by atoms with Gasteiger partial charge in [0.15, 0.2) is 17.3 Å². The van der Waals surface area contributed by atoms with E-state index in [0.29, 0.717) is 40.0 Å². The molecule has 0 radical (unpaired) electrons. The van der Waals surface area contributed by atoms with E-state index in [-0.39, 0.29) is 47.4 Å². The molecule has 2 aromatic heterocycles. The Hall–Kier alpha value is -4.59. The zero-order valence-electron chi connectivity index (χ0n) is 23.7. The van der Waals surface area contributed by atoms with E-state index in [0.717, 1.165) is 24.2 Å². The van der Waals surface area contributed by atoms with Crippen LogP contribution in [0.2, 0.25) is 0 Å². The highest BCUT2D eigenvalue weighted by Gasteiger charge is 2.30. The number of nitrogens with one attached hydrogen (secondary N) is 4. The number of amides is 4. The summed E-state index contributed by atoms with van der Waals surface area (Å²) in [7, 11) is 1.43. The zero-order chi connectivity index (χ0) is 30.0. The number of ether oxygens (including phenoxy) is 1. The first-order valence-corrected chi connectivity index (χ1v) is 12.8. The largest absolute Gasteiger partial charge is 0.494 e. The third-order valence-electron chi connectivity index (χ3n) is 6.08. The van der Waals surface area contributed by atoms with E-state index >= 15 is 0 Å². The number of hydrogen-bond donors (Lipinski definition) is 4. The van der Waals surface area contributed by atoms with Crippen molar-refractivity contribution < 1.29 is 28.0 Å². The fourth-order valence-corrected chi connectivity index (χ4v) is 4.89. The van der Waals surface area contributed by atoms with Gasteiger partial charge in [0.05, 0.1) is 36.8 Å². The Kier molecular flexibility index (Phi) is 6.33. The van der Waals surface area contributed by atoms with Crippen molar-refractivity contribution in [2.75, 3.05) is 44.4 Å². The molecule has 4 amide bonds. The fourth-order valence-electron chi connectivity index (χ4n) is 3.98. The molecular weight excluding hydrogens is 524 g/mol. The lowest BCUT2D eigenvalue weighted by molar-refractivity contribution is -0.123. The number of thiazole rings is 1. The number of rotatable bonds is 8. The summed E-state index contributed by atoms with van der Waals surface area (Å²) in [5.74, 6) is -1.50. The Balaban J connectivity index is 1.45. The van der Waals surface area contributed by atoms with Crippen LogP contribution in [0.3, 0.4) is 0 Å². The van der Waals surface area contributed by atoms with Gasteiger partial charge in [0.2, 0.25) is 11.8 Å². The van der Waals surface area contributed by atoms with Crippen molar-refractivity contribution in [3.8, 4) is 16.3 Å². The summed E-state index contributed by atoms with van der Waals surface area (Å²) >= 11 is 1.13. The van der Waals surface area contributed by atoms with Gasteiger partial charge in [0, 0.05) is 36.2 Å². The van der Waals surface area contributed by atoms with Gasteiger partial charge in [-0.2, -0.15) is 0 Å². The lowest BCUT2D eigenvalue weighted by Crippen LogP contribution is -2.49. The smallest absolute Gasteiger partial charge is 0.273 e. The van der Waals surface area contributed by atoms with Crippen LogP contribution in [0.4, 0.5) is 17.2 Å². The van der Waals surface area contributed by atoms with Crippen LogP contribution in [0.15, 0.2) is 30.5 Å². The number of benzene rings is 1. The first-order valence-electron chi connectivity index (χ1n) is 13.5. The highest BCUT2D eigenvalue weighted by Crippen LogP contribution is 2.40. The van der Waals surface area contributed by atoms with Crippen LogP contribution in [-0.4, -0.2) is 77.4 Å². The second kappa shape index (κ2) is 11.0. The zero-order valence-corrected chi connectivity index (χ0v) is 21.6. The summed E-state index contributed by atoms with van der Waals surface area (Å²) in [6, 6.07) is 6.47. The number of carbonyl (C=O) groups is 4. The summed E-state index contributed by atoms with van der Waals surface area (Å²) in [5, 5.41) is 18.5. The molecule has 1 saturated heterocycles. The van der Waals surface area contributed by atoms with Gasteiger partial charge in [0.25, 0.3) is 11.8 Å². The van der Waals surface area contributed by atoms with E-state index in [1.165, 1.54) is 24.3 Å². The van der Waals surface area contributed by atoms with Gasteiger partial charge in [0.1, 0.15) is 9.88 Å². The molecule has 39 heavy (non-hydrogen) atoms. The van der Waals surface area contributed by atoms with Gasteiger partial charge in [-0.1, -0.05) is 6.07 Å². The standard InChI is InChI=1S/C25H26N8O5S/c1-26-23(36)20-16(10-18(31-32-20)30-22(35)13-6-7-13)29-15-5-3-4-14(21(15)38-2)24-28-11-17(39-24)25(37)33-9-8-27-19(34)12-33/h3-5,10-11,13H,6-9,12H2,1-2H3,(H,26,36)(H,27,34)(H2,29,30,31,35)/i1D3. The molecule has 2 fully saturated rings. The lowest BCUT2D eigenvalue weighted by Gasteiger charge is -2.25. The summed E-state index contributed by atoms with van der Waals surface area (Å²) in [6.07, 6.45) is 2.98. The van der Waals surface area contributed by atoms with Crippen LogP contribution in [0.25, 0.3) is 10.6 Å². The van der Waals surface area contributed by atoms with E-state index in [9.17, 15) is 19.2 Å². The van der Waals surface area contributed by atoms with Crippen molar-refractivity contribution in [1.29, 1.82) is 0 Å². The molecule has 0 bridgehead atoms. The number of piperazine rings is 1. The van der Waals surface area contributed by atoms with E-state index in [1.54, 1.807) is 18.2 Å². The van der Waals surface area contributed by atoms with Gasteiger partial charge >= 0.3 is 0 Å². The van der Waals surface area contributed by atoms with E-state index in [4.69, 9.17) is 8.85 Å². The fraction of sp³-hybridized carbons (Fsp3) is 0.320. The van der Waals surface area contributed by atoms with E-state index in [2.05, 4.69) is 31.1 Å². The second-order valence-electron chi connectivity index (χ2n) is 8.83. The SMILES string of the molecule is [2H]C([2H])([2H])NC(=O)c1nnc(NC(=O)C2CC2)cc1Nc1cccc(-c2ncc(C(=O)N3CCNC(=O)C3)s2)c1OC. The summed E-state index contributed by atoms with van der Waals surface area (Å²) in [5.41, 5.74) is 0.629. The maximum atomic E-state index is 13.0. The number of nitrogens with zero attached hydrogens (tertiary/aromatic N) is 4. The first kappa shape index (κ1) is 22.4. The normalized spacial score (nSPS) is 16.3. The van der Waals surface area contributed by atoms with Gasteiger partial charge in [-0.15, -0.1) is 21.5 Å². The van der Waals surface area contributed by atoms with Crippen LogP contribution in [0, 0.1) is 5.92 Å². The minimum atomic E-state index is -2.77. The monoisotopic (exact) mass is 553 g/mol. The molecule has 0 unspecified atom stereocenters. The topological polar surface area (TPSA) is 168 Å². The minimum Gasteiger partial charge on any atom is -0.494 e. The Bertz CT molecular complexity index is 1560. The third-order valence-corrected chi connectivity index (χ3v) is 7.10. The molecule has 2 aliphatic rings. The molecule has 202 valence electrons. The number of carbonyl (C=O) groups excluding carboxylic acids is 4. The molecular formula is C25H26N8O5S. The molecule has 0 atom stereocenters. The molecule has 13 nitrogen and oxygen atoms in total. The predicted molar refractivity (Wildman–Crippen MR) is 143 cm³/mol. The molecule has 4 N–H and O–H groups in total. The Labute approximate surface area is 231 Å². The number of methoxy groups -OCH3 is 1. The summed E-state index contributed by atoms with van der Waals surface area (Å²) < 4.78 is 27.8. The van der Waals surface area contributed by atoms with Crippen molar-refractivity contribution in [3.05, 3.63) is 41.0 Å². The molecule has 3 aromatic rings. The van der Waals surface area contributed by atoms with Gasteiger partial charge in [-0.25, -0.2) is 4.98 Å². The lowest BCUT2D eigenvalue weighted by atomic mass is 10.1. The molecule has 5 rings (SSSR count). The van der Waals surface area contributed by atoms with E-state index in [1.807, 2.05) is 5.32 Å². The predicted octanol–water partition coefficient (Wildman–Crippen LogP) is 1.63. The molecule has 1 aliphatic heterocycles. The van der Waals surface area contributed by atoms with Gasteiger partial charge < -0.3 is 30.9 Å². The van der Waals surface area contributed by atoms with Crippen LogP contribution < -0.4 is 26.0 Å². The molecule has 1 aliphatic carbocycles. The molecule has 1 saturated carbocycles. The maximum absolute atomic E-state index is 13.0. The van der Waals surface area contributed by atoms with Gasteiger partial charge in [-0.05, 0) is 25.0 Å². The number of aromatic nitrogens is 3. The second-order valence-corrected chi connectivity index (χ2v) is 9.86. The van der Waals surface area contributed by atoms with Crippen molar-refractivity contribution >= 4 is 52.2 Å². The number of para-hydroxylation sites is 1. The molecule has 0 spiro atoms. The Morgan fingerprint density at radius 3 is 2.82 bits per heavy atom. The Morgan fingerprint density at radius 2 is 2.08 bits per heavy atom. The highest BCUT2D eigenvalue weighted by molar-refractivity contribution is 7.17. The molecule has 3 heterocycles. The van der Waals surface area contributed by atoms with Crippen LogP contribution in [-0.2, 0) is 9.59 Å². The highest BCUT2D eigenvalue weighted by atomic mass is 32.1. The Morgan fingerprint density at radius 1 is 1.23 bits per heavy atom. The van der Waals surface area contributed by atoms with Crippen LogP contribution >= 0.6 is 11.3 Å². The molecule has 14 heteroatoms. The van der Waals surface area contributed by atoms with Crippen molar-refractivity contribution in [2.45, 2.75) is 12.8 Å². The first-order chi connectivity index (χ1) is 20.0. The quantitative estimate of drug-likeness (QED) is 0.324. The van der Waals surface area contributed by atoms with Gasteiger partial charge in [-0.3, -0.25) is 19.2 Å². The maximum Gasteiger partial charge on any atom is 0.273 e. The average molecular weight is 554 g/mol. The van der Waals surface area contributed by atoms with Crippen molar-refractivity contribution in [3.63, 3.8) is 0 Å².